The fourth-order valence-electron chi connectivity index (χ4n) is 2.53. The van der Waals surface area contributed by atoms with E-state index in [4.69, 9.17) is 5.41 Å². The van der Waals surface area contributed by atoms with E-state index in [0.717, 1.165) is 37.0 Å². The number of halogens is 1. The number of hydrazone groups is 1. The zero-order chi connectivity index (χ0) is 18.9. The quantitative estimate of drug-likeness (QED) is 0.606. The number of fused-ring (bicyclic) bond motifs is 1. The van der Waals surface area contributed by atoms with E-state index in [1.54, 1.807) is 6.20 Å². The highest BCUT2D eigenvalue weighted by molar-refractivity contribution is 6.07. The van der Waals surface area contributed by atoms with E-state index < -0.39 is 5.83 Å². The number of allylic oxidation sites excluding steroid dienone is 4. The molecule has 0 saturated heterocycles. The van der Waals surface area contributed by atoms with E-state index in [1.807, 2.05) is 23.4 Å². The molecule has 1 unspecified atom stereocenters. The van der Waals surface area contributed by atoms with Gasteiger partial charge >= 0.3 is 0 Å². The van der Waals surface area contributed by atoms with Crippen LogP contribution in [-0.4, -0.2) is 39.0 Å². The van der Waals surface area contributed by atoms with Crippen LogP contribution in [0.2, 0.25) is 0 Å². The van der Waals surface area contributed by atoms with Gasteiger partial charge in [0, 0.05) is 18.0 Å². The van der Waals surface area contributed by atoms with Gasteiger partial charge in [0.25, 0.3) is 0 Å². The first-order valence-electron chi connectivity index (χ1n) is 8.43. The highest BCUT2D eigenvalue weighted by Gasteiger charge is 2.29. The van der Waals surface area contributed by atoms with Crippen molar-refractivity contribution in [1.29, 1.82) is 5.41 Å². The number of hydrogen-bond donors (Lipinski definition) is 2. The van der Waals surface area contributed by atoms with Gasteiger partial charge in [-0.15, -0.1) is 0 Å². The van der Waals surface area contributed by atoms with Crippen molar-refractivity contribution < 1.29 is 4.39 Å². The van der Waals surface area contributed by atoms with Crippen molar-refractivity contribution in [2.24, 2.45) is 10.1 Å². The van der Waals surface area contributed by atoms with E-state index in [9.17, 15) is 4.39 Å². The second kappa shape index (κ2) is 9.45. The molecule has 0 fully saturated rings. The number of nitrogens with one attached hydrogen (secondary N) is 2. The summed E-state index contributed by atoms with van der Waals surface area (Å²) in [5.41, 5.74) is 5.41. The average Bonchev–Trinajstić information content (AvgIpc) is 3.28. The number of imidazole rings is 1. The summed E-state index contributed by atoms with van der Waals surface area (Å²) >= 11 is 0. The first-order valence-corrected chi connectivity index (χ1v) is 8.43. The second-order valence-corrected chi connectivity index (χ2v) is 5.73. The highest BCUT2D eigenvalue weighted by atomic mass is 19.1. The van der Waals surface area contributed by atoms with Gasteiger partial charge in [0.05, 0.1) is 31.1 Å². The topological polar surface area (TPSA) is 81.7 Å². The minimum Gasteiger partial charge on any atom is -0.331 e. The number of rotatable bonds is 6. The molecule has 7 nitrogen and oxygen atoms in total. The van der Waals surface area contributed by atoms with Gasteiger partial charge < -0.3 is 9.98 Å². The zero-order valence-electron chi connectivity index (χ0n) is 15.1. The van der Waals surface area contributed by atoms with Crippen molar-refractivity contribution in [3.63, 3.8) is 0 Å². The van der Waals surface area contributed by atoms with Crippen LogP contribution in [0.5, 0.6) is 0 Å². The molecule has 1 aromatic rings. The van der Waals surface area contributed by atoms with Crippen LogP contribution in [0.4, 0.5) is 4.39 Å². The maximum atomic E-state index is 11.7. The summed E-state index contributed by atoms with van der Waals surface area (Å²) in [5, 5.41) is 10.7. The summed E-state index contributed by atoms with van der Waals surface area (Å²) in [4.78, 5) is 10.8. The molecule has 0 radical (unpaired) electrons. The van der Waals surface area contributed by atoms with Gasteiger partial charge in [-0.1, -0.05) is 26.0 Å². The minimum atomic E-state index is -0.574. The molecule has 3 heterocycles. The Hall–Kier alpha value is -3.03. The van der Waals surface area contributed by atoms with Crippen molar-refractivity contribution in [2.75, 3.05) is 0 Å². The Bertz CT molecular complexity index is 744. The van der Waals surface area contributed by atoms with Gasteiger partial charge in [-0.25, -0.2) is 14.4 Å². The standard InChI is InChI=1S/C13H18N6.C5H6FN/c1-3-4-11-12(7-18-6-5-14-8-18)15-9-19-10(2)16-17-13(11)19;1-2-3-5(6)4-7/h5-6,8-10,16H,3-4,7H2,1-2H3;2-4,7H,1H2/b;5-3+,7-4?. The lowest BCUT2D eigenvalue weighted by Crippen LogP contribution is -2.39. The predicted molar refractivity (Wildman–Crippen MR) is 103 cm³/mol. The third kappa shape index (κ3) is 4.75. The van der Waals surface area contributed by atoms with Crippen LogP contribution in [0.25, 0.3) is 0 Å². The molecule has 0 saturated carbocycles. The van der Waals surface area contributed by atoms with Crippen LogP contribution in [0.3, 0.4) is 0 Å². The Kier molecular flexibility index (Phi) is 7.02. The summed E-state index contributed by atoms with van der Waals surface area (Å²) in [7, 11) is 0. The Morgan fingerprint density at radius 1 is 1.50 bits per heavy atom. The van der Waals surface area contributed by atoms with E-state index in [2.05, 4.69) is 45.8 Å². The molecule has 0 amide bonds. The first kappa shape index (κ1) is 19.3. The largest absolute Gasteiger partial charge is 0.331 e. The Labute approximate surface area is 152 Å². The van der Waals surface area contributed by atoms with Crippen LogP contribution in [0.1, 0.15) is 26.7 Å². The highest BCUT2D eigenvalue weighted by Crippen LogP contribution is 2.24. The predicted octanol–water partition coefficient (Wildman–Crippen LogP) is 3.22. The maximum Gasteiger partial charge on any atom is 0.160 e. The van der Waals surface area contributed by atoms with E-state index in [-0.39, 0.29) is 6.17 Å². The Morgan fingerprint density at radius 2 is 2.31 bits per heavy atom. The van der Waals surface area contributed by atoms with Gasteiger partial charge in [0.15, 0.2) is 5.84 Å². The van der Waals surface area contributed by atoms with Gasteiger partial charge in [-0.2, -0.15) is 5.10 Å². The Balaban J connectivity index is 0.000000298. The third-order valence-electron chi connectivity index (χ3n) is 3.78. The van der Waals surface area contributed by atoms with Gasteiger partial charge in [0.1, 0.15) is 12.0 Å². The van der Waals surface area contributed by atoms with E-state index in [1.165, 1.54) is 11.6 Å². The van der Waals surface area contributed by atoms with Crippen molar-refractivity contribution in [1.82, 2.24) is 19.9 Å². The smallest absolute Gasteiger partial charge is 0.160 e. The molecule has 0 spiro atoms. The number of aromatic nitrogens is 2. The van der Waals surface area contributed by atoms with Crippen LogP contribution >= 0.6 is 0 Å². The number of hydrogen-bond acceptors (Lipinski definition) is 6. The van der Waals surface area contributed by atoms with Crippen molar-refractivity contribution >= 4 is 18.4 Å². The van der Waals surface area contributed by atoms with Crippen LogP contribution < -0.4 is 5.43 Å². The minimum absolute atomic E-state index is 0.181. The zero-order valence-corrected chi connectivity index (χ0v) is 15.1. The molecule has 1 aromatic heterocycles. The summed E-state index contributed by atoms with van der Waals surface area (Å²) in [5.74, 6) is 0.439. The summed E-state index contributed by atoms with van der Waals surface area (Å²) in [6.07, 6.45) is 12.7. The van der Waals surface area contributed by atoms with Gasteiger partial charge in [-0.05, 0) is 19.4 Å². The first-order chi connectivity index (χ1) is 12.6. The van der Waals surface area contributed by atoms with Crippen LogP contribution in [0, 0.1) is 5.41 Å². The maximum absolute atomic E-state index is 11.7. The molecule has 0 bridgehead atoms. The summed E-state index contributed by atoms with van der Waals surface area (Å²) < 4.78 is 13.7. The molecule has 1 atom stereocenters. The second-order valence-electron chi connectivity index (χ2n) is 5.73. The SMILES string of the molecule is C=C/C=C(/F)C=N.CCCC1=C(Cn2ccnc2)N=CN2C1=NNC2C. The van der Waals surface area contributed by atoms with E-state index >= 15 is 0 Å². The molecular weight excluding hydrogens is 333 g/mol. The fourth-order valence-corrected chi connectivity index (χ4v) is 2.53. The number of nitrogens with zero attached hydrogens (tertiary/aromatic N) is 5. The van der Waals surface area contributed by atoms with Gasteiger partial charge in [-0.3, -0.25) is 10.3 Å². The number of amidine groups is 1. The summed E-state index contributed by atoms with van der Waals surface area (Å²) in [6, 6.07) is 0. The van der Waals surface area contributed by atoms with E-state index in [0.29, 0.717) is 6.21 Å². The molecular formula is C18H24FN7. The van der Waals surface area contributed by atoms with Crippen LogP contribution in [0.15, 0.2) is 64.6 Å². The molecule has 8 heteroatoms. The lowest BCUT2D eigenvalue weighted by molar-refractivity contribution is 0.445. The summed E-state index contributed by atoms with van der Waals surface area (Å²) in [6.45, 7) is 8.23. The van der Waals surface area contributed by atoms with Gasteiger partial charge in [0.2, 0.25) is 0 Å². The van der Waals surface area contributed by atoms with Crippen molar-refractivity contribution in [3.8, 4) is 0 Å². The van der Waals surface area contributed by atoms with Crippen molar-refractivity contribution in [3.05, 3.63) is 54.5 Å². The lowest BCUT2D eigenvalue weighted by atomic mass is 10.1. The monoisotopic (exact) mass is 357 g/mol. The molecule has 0 aromatic carbocycles. The molecule has 3 rings (SSSR count). The third-order valence-corrected chi connectivity index (χ3v) is 3.78. The normalized spacial score (nSPS) is 18.6. The molecule has 2 N–H and O–H groups in total. The molecule has 2 aliphatic heterocycles. The average molecular weight is 357 g/mol. The molecule has 2 aliphatic rings. The van der Waals surface area contributed by atoms with Crippen LogP contribution in [-0.2, 0) is 6.54 Å². The van der Waals surface area contributed by atoms with Crippen molar-refractivity contribution in [2.45, 2.75) is 39.4 Å². The molecule has 26 heavy (non-hydrogen) atoms. The lowest BCUT2D eigenvalue weighted by Gasteiger charge is -2.25. The molecule has 0 aliphatic carbocycles. The molecule has 138 valence electrons. The number of aliphatic imine (C=N–C) groups is 1. The fraction of sp³-hybridized carbons (Fsp3) is 0.333. The Morgan fingerprint density at radius 3 is 2.88 bits per heavy atom.